The van der Waals surface area contributed by atoms with Crippen molar-refractivity contribution in [2.75, 3.05) is 18.5 Å². The fraction of sp³-hybridized carbons (Fsp3) is 0.350. The van der Waals surface area contributed by atoms with Gasteiger partial charge in [0.25, 0.3) is 0 Å². The van der Waals surface area contributed by atoms with E-state index in [2.05, 4.69) is 24.4 Å². The van der Waals surface area contributed by atoms with Crippen molar-refractivity contribution < 1.29 is 14.3 Å². The van der Waals surface area contributed by atoms with Crippen LogP contribution in [-0.2, 0) is 16.6 Å². The molecule has 24 heavy (non-hydrogen) atoms. The molecule has 1 saturated carbocycles. The summed E-state index contributed by atoms with van der Waals surface area (Å²) in [5.41, 5.74) is 2.69. The topological polar surface area (TPSA) is 47.6 Å². The maximum absolute atomic E-state index is 12.8. The van der Waals surface area contributed by atoms with Gasteiger partial charge in [0, 0.05) is 5.69 Å². The Labute approximate surface area is 141 Å². The zero-order chi connectivity index (χ0) is 16.6. The fourth-order valence-corrected chi connectivity index (χ4v) is 3.19. The number of fused-ring (bicyclic) bond motifs is 1. The standard InChI is InChI=1S/C20H21NO3/c1-2-14-3-6-16(7-4-14)21-19(22)20(9-10-20)15-5-8-17-18(13-15)24-12-11-23-17/h3-8,13H,2,9-12H2,1H3,(H,21,22). The number of hydrogen-bond acceptors (Lipinski definition) is 3. The SMILES string of the molecule is CCc1ccc(NC(=O)C2(c3ccc4c(c3)OCCO4)CC2)cc1. The summed E-state index contributed by atoms with van der Waals surface area (Å²) in [7, 11) is 0. The van der Waals surface area contributed by atoms with E-state index < -0.39 is 5.41 Å². The molecule has 1 heterocycles. The predicted octanol–water partition coefficient (Wildman–Crippen LogP) is 3.69. The molecule has 4 rings (SSSR count). The Morgan fingerprint density at radius 1 is 1.04 bits per heavy atom. The monoisotopic (exact) mass is 323 g/mol. The van der Waals surface area contributed by atoms with Crippen LogP contribution in [0.4, 0.5) is 5.69 Å². The second-order valence-corrected chi connectivity index (χ2v) is 6.45. The van der Waals surface area contributed by atoms with E-state index in [-0.39, 0.29) is 5.91 Å². The summed E-state index contributed by atoms with van der Waals surface area (Å²) in [6.07, 6.45) is 2.73. The second-order valence-electron chi connectivity index (χ2n) is 6.45. The lowest BCUT2D eigenvalue weighted by atomic mass is 9.94. The average molecular weight is 323 g/mol. The van der Waals surface area contributed by atoms with Crippen molar-refractivity contribution >= 4 is 11.6 Å². The van der Waals surface area contributed by atoms with E-state index in [9.17, 15) is 4.79 Å². The number of aryl methyl sites for hydroxylation is 1. The third-order valence-corrected chi connectivity index (χ3v) is 4.90. The van der Waals surface area contributed by atoms with Gasteiger partial charge in [-0.05, 0) is 54.7 Å². The lowest BCUT2D eigenvalue weighted by Gasteiger charge is -2.21. The highest BCUT2D eigenvalue weighted by Crippen LogP contribution is 2.50. The Kier molecular flexibility index (Phi) is 3.68. The minimum Gasteiger partial charge on any atom is -0.486 e. The first-order chi connectivity index (χ1) is 11.7. The van der Waals surface area contributed by atoms with E-state index in [1.54, 1.807) is 0 Å². The highest BCUT2D eigenvalue weighted by Gasteiger charge is 2.51. The van der Waals surface area contributed by atoms with Crippen LogP contribution in [0.5, 0.6) is 11.5 Å². The molecule has 1 fully saturated rings. The van der Waals surface area contributed by atoms with Gasteiger partial charge in [0.1, 0.15) is 13.2 Å². The fourth-order valence-electron chi connectivity index (χ4n) is 3.19. The average Bonchev–Trinajstić information content (AvgIpc) is 3.44. The largest absolute Gasteiger partial charge is 0.486 e. The van der Waals surface area contributed by atoms with Crippen LogP contribution in [0, 0.1) is 0 Å². The molecule has 2 aromatic rings. The van der Waals surface area contributed by atoms with Gasteiger partial charge < -0.3 is 14.8 Å². The summed E-state index contributed by atoms with van der Waals surface area (Å²) in [5, 5.41) is 3.06. The smallest absolute Gasteiger partial charge is 0.235 e. The summed E-state index contributed by atoms with van der Waals surface area (Å²) >= 11 is 0. The van der Waals surface area contributed by atoms with Gasteiger partial charge in [0.15, 0.2) is 11.5 Å². The summed E-state index contributed by atoms with van der Waals surface area (Å²) in [6, 6.07) is 13.9. The number of hydrogen-bond donors (Lipinski definition) is 1. The van der Waals surface area contributed by atoms with E-state index in [4.69, 9.17) is 9.47 Å². The molecule has 0 bridgehead atoms. The third-order valence-electron chi connectivity index (χ3n) is 4.90. The zero-order valence-corrected chi connectivity index (χ0v) is 13.8. The maximum atomic E-state index is 12.8. The molecule has 1 aliphatic heterocycles. The van der Waals surface area contributed by atoms with Crippen molar-refractivity contribution in [2.45, 2.75) is 31.6 Å². The number of rotatable bonds is 4. The molecule has 1 amide bonds. The van der Waals surface area contributed by atoms with Crippen molar-refractivity contribution in [2.24, 2.45) is 0 Å². The van der Waals surface area contributed by atoms with E-state index in [1.165, 1.54) is 5.56 Å². The Morgan fingerprint density at radius 2 is 1.75 bits per heavy atom. The maximum Gasteiger partial charge on any atom is 0.235 e. The number of nitrogens with one attached hydrogen (secondary N) is 1. The van der Waals surface area contributed by atoms with Gasteiger partial charge in [0.05, 0.1) is 5.41 Å². The molecule has 1 aliphatic carbocycles. The Hall–Kier alpha value is -2.49. The zero-order valence-electron chi connectivity index (χ0n) is 13.8. The molecule has 0 radical (unpaired) electrons. The van der Waals surface area contributed by atoms with Gasteiger partial charge in [-0.25, -0.2) is 0 Å². The minimum absolute atomic E-state index is 0.0587. The number of ether oxygens (including phenoxy) is 2. The van der Waals surface area contributed by atoms with Crippen LogP contribution in [0.1, 0.15) is 30.9 Å². The van der Waals surface area contributed by atoms with Crippen LogP contribution < -0.4 is 14.8 Å². The van der Waals surface area contributed by atoms with Crippen molar-refractivity contribution in [1.29, 1.82) is 0 Å². The van der Waals surface area contributed by atoms with Crippen LogP contribution >= 0.6 is 0 Å². The normalized spacial score (nSPS) is 17.2. The number of carbonyl (C=O) groups is 1. The summed E-state index contributed by atoms with van der Waals surface area (Å²) in [6.45, 7) is 3.25. The first-order valence-corrected chi connectivity index (χ1v) is 8.52. The van der Waals surface area contributed by atoms with Crippen molar-refractivity contribution in [1.82, 2.24) is 0 Å². The van der Waals surface area contributed by atoms with Crippen LogP contribution in [0.2, 0.25) is 0 Å². The van der Waals surface area contributed by atoms with Gasteiger partial charge in [-0.3, -0.25) is 4.79 Å². The predicted molar refractivity (Wildman–Crippen MR) is 92.8 cm³/mol. The summed E-state index contributed by atoms with van der Waals surface area (Å²) in [5.74, 6) is 1.56. The van der Waals surface area contributed by atoms with Gasteiger partial charge in [-0.1, -0.05) is 25.1 Å². The molecule has 0 unspecified atom stereocenters. The highest BCUT2D eigenvalue weighted by atomic mass is 16.6. The number of carbonyl (C=O) groups excluding carboxylic acids is 1. The Balaban J connectivity index is 1.55. The molecule has 0 aromatic heterocycles. The van der Waals surface area contributed by atoms with Crippen molar-refractivity contribution in [3.63, 3.8) is 0 Å². The lowest BCUT2D eigenvalue weighted by molar-refractivity contribution is -0.118. The quantitative estimate of drug-likeness (QED) is 0.933. The van der Waals surface area contributed by atoms with E-state index in [0.717, 1.165) is 42.0 Å². The molecule has 0 spiro atoms. The molecule has 124 valence electrons. The van der Waals surface area contributed by atoms with E-state index in [0.29, 0.717) is 13.2 Å². The first kappa shape index (κ1) is 15.1. The molecule has 0 atom stereocenters. The van der Waals surface area contributed by atoms with Gasteiger partial charge >= 0.3 is 0 Å². The molecule has 2 aromatic carbocycles. The molecule has 1 N–H and O–H groups in total. The molecule has 4 nitrogen and oxygen atoms in total. The number of benzene rings is 2. The number of amides is 1. The highest BCUT2D eigenvalue weighted by molar-refractivity contribution is 6.01. The number of anilines is 1. The molecule has 4 heteroatoms. The lowest BCUT2D eigenvalue weighted by Crippen LogP contribution is -2.28. The molecular formula is C20H21NO3. The van der Waals surface area contributed by atoms with Crippen molar-refractivity contribution in [3.8, 4) is 11.5 Å². The van der Waals surface area contributed by atoms with Crippen LogP contribution in [0.3, 0.4) is 0 Å². The van der Waals surface area contributed by atoms with Crippen LogP contribution in [0.15, 0.2) is 42.5 Å². The van der Waals surface area contributed by atoms with Crippen LogP contribution in [0.25, 0.3) is 0 Å². The summed E-state index contributed by atoms with van der Waals surface area (Å²) in [4.78, 5) is 12.8. The van der Waals surface area contributed by atoms with E-state index >= 15 is 0 Å². The van der Waals surface area contributed by atoms with E-state index in [1.807, 2.05) is 30.3 Å². The minimum atomic E-state index is -0.431. The molecular weight excluding hydrogens is 302 g/mol. The second kappa shape index (κ2) is 5.86. The molecule has 2 aliphatic rings. The first-order valence-electron chi connectivity index (χ1n) is 8.52. The van der Waals surface area contributed by atoms with Crippen molar-refractivity contribution in [3.05, 3.63) is 53.6 Å². The third kappa shape index (κ3) is 2.62. The summed E-state index contributed by atoms with van der Waals surface area (Å²) < 4.78 is 11.2. The van der Waals surface area contributed by atoms with Gasteiger partial charge in [-0.2, -0.15) is 0 Å². The molecule has 0 saturated heterocycles. The van der Waals surface area contributed by atoms with Gasteiger partial charge in [-0.15, -0.1) is 0 Å². The van der Waals surface area contributed by atoms with Crippen LogP contribution in [-0.4, -0.2) is 19.1 Å². The van der Waals surface area contributed by atoms with Gasteiger partial charge in [0.2, 0.25) is 5.91 Å². The Morgan fingerprint density at radius 3 is 2.42 bits per heavy atom. The Bertz CT molecular complexity index is 763.